The van der Waals surface area contributed by atoms with Gasteiger partial charge in [-0.3, -0.25) is 4.79 Å². The first-order valence-electron chi connectivity index (χ1n) is 8.85. The van der Waals surface area contributed by atoms with Crippen LogP contribution >= 0.6 is 12.4 Å². The predicted molar refractivity (Wildman–Crippen MR) is 94.5 cm³/mol. The molecule has 3 aliphatic rings. The number of carbonyl (C=O) groups excluding carboxylic acids is 1. The van der Waals surface area contributed by atoms with E-state index in [0.29, 0.717) is 23.8 Å². The molecule has 1 aromatic rings. The maximum absolute atomic E-state index is 12.8. The van der Waals surface area contributed by atoms with Gasteiger partial charge < -0.3 is 11.1 Å². The van der Waals surface area contributed by atoms with Gasteiger partial charge in [-0.2, -0.15) is 0 Å². The van der Waals surface area contributed by atoms with E-state index in [1.54, 1.807) is 0 Å². The van der Waals surface area contributed by atoms with Crippen molar-refractivity contribution in [3.05, 3.63) is 35.9 Å². The number of hydrogen-bond acceptors (Lipinski definition) is 2. The molecule has 1 amide bonds. The third-order valence-electron chi connectivity index (χ3n) is 6.35. The molecule has 6 unspecified atom stereocenters. The van der Waals surface area contributed by atoms with Crippen LogP contribution in [0.5, 0.6) is 0 Å². The van der Waals surface area contributed by atoms with Crippen LogP contribution in [0.3, 0.4) is 0 Å². The van der Waals surface area contributed by atoms with Gasteiger partial charge in [0.15, 0.2) is 0 Å². The van der Waals surface area contributed by atoms with Crippen molar-refractivity contribution in [3.8, 4) is 0 Å². The molecule has 3 N–H and O–H groups in total. The maximum atomic E-state index is 12.8. The quantitative estimate of drug-likeness (QED) is 0.891. The molecule has 126 valence electrons. The molecule has 0 radical (unpaired) electrons. The zero-order valence-electron chi connectivity index (χ0n) is 13.5. The fourth-order valence-corrected chi connectivity index (χ4v) is 5.24. The van der Waals surface area contributed by atoms with Crippen molar-refractivity contribution in [2.75, 3.05) is 0 Å². The van der Waals surface area contributed by atoms with Crippen molar-refractivity contribution in [2.45, 2.75) is 56.5 Å². The number of benzene rings is 1. The summed E-state index contributed by atoms with van der Waals surface area (Å²) in [6.07, 6.45) is 7.08. The van der Waals surface area contributed by atoms with E-state index in [1.807, 2.05) is 0 Å². The van der Waals surface area contributed by atoms with Crippen LogP contribution in [0.4, 0.5) is 0 Å². The van der Waals surface area contributed by atoms with E-state index in [-0.39, 0.29) is 30.3 Å². The molecule has 0 saturated heterocycles. The summed E-state index contributed by atoms with van der Waals surface area (Å²) in [7, 11) is 0. The second kappa shape index (κ2) is 6.82. The number of amides is 1. The van der Waals surface area contributed by atoms with Crippen molar-refractivity contribution in [1.29, 1.82) is 0 Å². The number of hydrogen-bond donors (Lipinski definition) is 2. The maximum Gasteiger partial charge on any atom is 0.225 e. The van der Waals surface area contributed by atoms with Gasteiger partial charge in [0.2, 0.25) is 5.91 Å². The lowest BCUT2D eigenvalue weighted by atomic mass is 9.84. The Bertz CT molecular complexity index is 548. The van der Waals surface area contributed by atoms with Gasteiger partial charge in [0.25, 0.3) is 0 Å². The smallest absolute Gasteiger partial charge is 0.225 e. The highest BCUT2D eigenvalue weighted by Crippen LogP contribution is 2.48. The van der Waals surface area contributed by atoms with E-state index in [0.717, 1.165) is 6.42 Å². The summed E-state index contributed by atoms with van der Waals surface area (Å²) < 4.78 is 0. The van der Waals surface area contributed by atoms with Gasteiger partial charge in [-0.15, -0.1) is 12.4 Å². The van der Waals surface area contributed by atoms with Gasteiger partial charge in [0.05, 0.1) is 5.92 Å². The summed E-state index contributed by atoms with van der Waals surface area (Å²) in [5.74, 6) is 1.90. The topological polar surface area (TPSA) is 55.1 Å². The van der Waals surface area contributed by atoms with Crippen molar-refractivity contribution >= 4 is 18.3 Å². The number of fused-ring (bicyclic) bond motifs is 2. The fourth-order valence-electron chi connectivity index (χ4n) is 5.24. The second-order valence-electron chi connectivity index (χ2n) is 7.50. The molecule has 0 spiro atoms. The molecule has 3 aliphatic carbocycles. The minimum absolute atomic E-state index is 0. The number of halogens is 1. The van der Waals surface area contributed by atoms with E-state index in [4.69, 9.17) is 5.73 Å². The first kappa shape index (κ1) is 16.8. The highest BCUT2D eigenvalue weighted by atomic mass is 35.5. The first-order chi connectivity index (χ1) is 10.7. The van der Waals surface area contributed by atoms with Crippen molar-refractivity contribution in [3.63, 3.8) is 0 Å². The van der Waals surface area contributed by atoms with Gasteiger partial charge in [-0.05, 0) is 49.5 Å². The monoisotopic (exact) mass is 334 g/mol. The lowest BCUT2D eigenvalue weighted by molar-refractivity contribution is -0.127. The number of nitrogens with one attached hydrogen (secondary N) is 1. The Morgan fingerprint density at radius 1 is 1.04 bits per heavy atom. The predicted octanol–water partition coefficient (Wildman–Crippen LogP) is 3.23. The third-order valence-corrected chi connectivity index (χ3v) is 6.35. The van der Waals surface area contributed by atoms with Crippen LogP contribution in [-0.2, 0) is 4.79 Å². The average Bonchev–Trinajstić information content (AvgIpc) is 3.23. The molecule has 4 rings (SSSR count). The Kier molecular flexibility index (Phi) is 4.98. The van der Waals surface area contributed by atoms with Crippen LogP contribution in [0.1, 0.15) is 50.0 Å². The largest absolute Gasteiger partial charge is 0.352 e. The SMILES string of the molecule is Cl.NC1C2CCC(C2)C1C(=O)NC1CCCC1c1ccccc1. The lowest BCUT2D eigenvalue weighted by Gasteiger charge is -2.30. The zero-order valence-corrected chi connectivity index (χ0v) is 14.3. The summed E-state index contributed by atoms with van der Waals surface area (Å²) >= 11 is 0. The molecule has 2 bridgehead atoms. The molecule has 0 heterocycles. The molecule has 6 atom stereocenters. The van der Waals surface area contributed by atoms with Crippen molar-refractivity contribution in [1.82, 2.24) is 5.32 Å². The molecule has 4 heteroatoms. The fraction of sp³-hybridized carbons (Fsp3) is 0.632. The summed E-state index contributed by atoms with van der Waals surface area (Å²) in [5.41, 5.74) is 7.69. The Balaban J connectivity index is 0.00000156. The minimum atomic E-state index is 0. The van der Waals surface area contributed by atoms with Gasteiger partial charge in [-0.1, -0.05) is 36.8 Å². The molecule has 1 aromatic carbocycles. The Hall–Kier alpha value is -1.06. The van der Waals surface area contributed by atoms with Crippen molar-refractivity contribution in [2.24, 2.45) is 23.5 Å². The normalized spacial score (nSPS) is 38.3. The number of carbonyl (C=O) groups is 1. The highest BCUT2D eigenvalue weighted by molar-refractivity contribution is 5.85. The van der Waals surface area contributed by atoms with E-state index in [1.165, 1.54) is 37.7 Å². The van der Waals surface area contributed by atoms with Crippen LogP contribution in [0.2, 0.25) is 0 Å². The van der Waals surface area contributed by atoms with Crippen LogP contribution in [0.15, 0.2) is 30.3 Å². The molecule has 23 heavy (non-hydrogen) atoms. The standard InChI is InChI=1S/C19H26N2O.ClH/c20-18-14-10-9-13(11-14)17(18)19(22)21-16-8-4-7-15(16)12-5-2-1-3-6-12;/h1-3,5-6,13-18H,4,7-11,20H2,(H,21,22);1H. The first-order valence-corrected chi connectivity index (χ1v) is 8.85. The summed E-state index contributed by atoms with van der Waals surface area (Å²) in [6, 6.07) is 11.0. The molecule has 0 aliphatic heterocycles. The Labute approximate surface area is 144 Å². The third kappa shape index (κ3) is 3.01. The van der Waals surface area contributed by atoms with Crippen LogP contribution in [0.25, 0.3) is 0 Å². The zero-order chi connectivity index (χ0) is 15.1. The second-order valence-corrected chi connectivity index (χ2v) is 7.50. The number of nitrogens with two attached hydrogens (primary N) is 1. The van der Waals surface area contributed by atoms with Crippen LogP contribution < -0.4 is 11.1 Å². The Morgan fingerprint density at radius 2 is 1.78 bits per heavy atom. The molecule has 3 saturated carbocycles. The molecule has 3 fully saturated rings. The molecule has 3 nitrogen and oxygen atoms in total. The summed E-state index contributed by atoms with van der Waals surface area (Å²) in [4.78, 5) is 12.8. The minimum Gasteiger partial charge on any atom is -0.352 e. The summed E-state index contributed by atoms with van der Waals surface area (Å²) in [5, 5.41) is 3.37. The molecule has 0 aromatic heterocycles. The van der Waals surface area contributed by atoms with E-state index < -0.39 is 0 Å². The lowest BCUT2D eigenvalue weighted by Crippen LogP contribution is -2.48. The van der Waals surface area contributed by atoms with Crippen LogP contribution in [-0.4, -0.2) is 18.0 Å². The van der Waals surface area contributed by atoms with Crippen molar-refractivity contribution < 1.29 is 4.79 Å². The van der Waals surface area contributed by atoms with Crippen LogP contribution in [0, 0.1) is 17.8 Å². The van der Waals surface area contributed by atoms with E-state index in [9.17, 15) is 4.79 Å². The average molecular weight is 335 g/mol. The molecular formula is C19H27ClN2O. The van der Waals surface area contributed by atoms with Gasteiger partial charge in [0.1, 0.15) is 0 Å². The van der Waals surface area contributed by atoms with Gasteiger partial charge in [0, 0.05) is 18.0 Å². The van der Waals surface area contributed by atoms with Gasteiger partial charge in [-0.25, -0.2) is 0 Å². The Morgan fingerprint density at radius 3 is 2.48 bits per heavy atom. The van der Waals surface area contributed by atoms with E-state index >= 15 is 0 Å². The number of rotatable bonds is 3. The molecular weight excluding hydrogens is 308 g/mol. The van der Waals surface area contributed by atoms with E-state index in [2.05, 4.69) is 35.6 Å². The van der Waals surface area contributed by atoms with Gasteiger partial charge >= 0.3 is 0 Å². The summed E-state index contributed by atoms with van der Waals surface area (Å²) in [6.45, 7) is 0. The highest BCUT2D eigenvalue weighted by Gasteiger charge is 2.49.